The third kappa shape index (κ3) is 4.50. The topological polar surface area (TPSA) is 93.5 Å². The van der Waals surface area contributed by atoms with Gasteiger partial charge in [-0.15, -0.1) is 0 Å². The summed E-state index contributed by atoms with van der Waals surface area (Å²) in [4.78, 5) is 16.1. The number of nitrogens with one attached hydrogen (secondary N) is 1. The van der Waals surface area contributed by atoms with Crippen molar-refractivity contribution in [1.82, 2.24) is 19.2 Å². The minimum absolute atomic E-state index is 0.00629. The van der Waals surface area contributed by atoms with Crippen molar-refractivity contribution < 1.29 is 22.3 Å². The number of ether oxygens (including phenoxy) is 1. The van der Waals surface area contributed by atoms with Gasteiger partial charge in [-0.25, -0.2) is 22.1 Å². The van der Waals surface area contributed by atoms with Gasteiger partial charge in [-0.3, -0.25) is 4.79 Å². The highest BCUT2D eigenvalue weighted by Gasteiger charge is 2.28. The van der Waals surface area contributed by atoms with Gasteiger partial charge in [0, 0.05) is 56.2 Å². The number of sulfonamides is 1. The molecule has 3 heterocycles. The Hall–Kier alpha value is -2.04. The van der Waals surface area contributed by atoms with Crippen molar-refractivity contribution in [3.05, 3.63) is 24.3 Å². The molecular formula is C20H27FN4O4S. The van der Waals surface area contributed by atoms with Crippen LogP contribution in [-0.2, 0) is 14.8 Å². The van der Waals surface area contributed by atoms with Gasteiger partial charge in [0.2, 0.25) is 10.0 Å². The van der Waals surface area contributed by atoms with Gasteiger partial charge in [-0.05, 0) is 19.8 Å². The van der Waals surface area contributed by atoms with Crippen molar-refractivity contribution in [3.8, 4) is 5.75 Å². The number of ketones is 1. The minimum atomic E-state index is -3.21. The number of hydrogen-bond donors (Lipinski definition) is 1. The van der Waals surface area contributed by atoms with Crippen LogP contribution in [0.25, 0.3) is 11.0 Å². The predicted octanol–water partition coefficient (Wildman–Crippen LogP) is 1.86. The van der Waals surface area contributed by atoms with Gasteiger partial charge in [0.1, 0.15) is 23.7 Å². The summed E-state index contributed by atoms with van der Waals surface area (Å²) in [5, 5.41) is 3.32. The van der Waals surface area contributed by atoms with E-state index in [1.54, 1.807) is 17.0 Å². The molecule has 0 spiro atoms. The van der Waals surface area contributed by atoms with Crippen LogP contribution in [0.3, 0.4) is 0 Å². The molecule has 164 valence electrons. The number of fused-ring (bicyclic) bond motifs is 1. The summed E-state index contributed by atoms with van der Waals surface area (Å²) in [5.41, 5.74) is 0.899. The van der Waals surface area contributed by atoms with Gasteiger partial charge in [0.05, 0.1) is 18.1 Å². The molecule has 4 rings (SSSR count). The second-order valence-corrected chi connectivity index (χ2v) is 10.3. The Morgan fingerprint density at radius 3 is 2.67 bits per heavy atom. The molecule has 2 saturated heterocycles. The van der Waals surface area contributed by atoms with Crippen LogP contribution in [0.5, 0.6) is 5.75 Å². The molecule has 0 unspecified atom stereocenters. The molecule has 1 N–H and O–H groups in total. The molecule has 0 saturated carbocycles. The summed E-state index contributed by atoms with van der Waals surface area (Å²) in [7, 11) is -3.21. The number of carbonyl (C=O) groups is 1. The first-order valence-corrected chi connectivity index (χ1v) is 12.1. The molecule has 8 nitrogen and oxygen atoms in total. The lowest BCUT2D eigenvalue weighted by molar-refractivity contribution is -0.121. The SMILES string of the molecule is C[C@H]1CC(=O)C[C@@H](COc2cc(F)c3c(c2)ncn3C2CCN(S(C)(=O)=O)CC2)N1. The number of benzene rings is 1. The lowest BCUT2D eigenvalue weighted by Crippen LogP contribution is -2.47. The van der Waals surface area contributed by atoms with Crippen molar-refractivity contribution >= 4 is 26.8 Å². The van der Waals surface area contributed by atoms with E-state index in [2.05, 4.69) is 10.3 Å². The van der Waals surface area contributed by atoms with Gasteiger partial charge >= 0.3 is 0 Å². The fourth-order valence-electron chi connectivity index (χ4n) is 4.43. The number of Topliss-reactive ketones (excluding diaryl/α,β-unsaturated/α-hetero) is 1. The molecular weight excluding hydrogens is 411 g/mol. The van der Waals surface area contributed by atoms with E-state index in [9.17, 15) is 17.6 Å². The molecule has 2 aliphatic heterocycles. The zero-order valence-electron chi connectivity index (χ0n) is 17.2. The third-order valence-electron chi connectivity index (χ3n) is 5.86. The molecule has 30 heavy (non-hydrogen) atoms. The molecule has 2 aromatic rings. The zero-order valence-corrected chi connectivity index (χ0v) is 18.0. The Morgan fingerprint density at radius 1 is 1.27 bits per heavy atom. The third-order valence-corrected chi connectivity index (χ3v) is 7.16. The summed E-state index contributed by atoms with van der Waals surface area (Å²) in [6.45, 7) is 3.07. The van der Waals surface area contributed by atoms with E-state index < -0.39 is 15.8 Å². The Bertz CT molecular complexity index is 1050. The number of nitrogens with zero attached hydrogens (tertiary/aromatic N) is 3. The van der Waals surface area contributed by atoms with E-state index in [-0.39, 0.29) is 30.5 Å². The van der Waals surface area contributed by atoms with Crippen LogP contribution in [0.1, 0.15) is 38.6 Å². The summed E-state index contributed by atoms with van der Waals surface area (Å²) >= 11 is 0. The first kappa shape index (κ1) is 21.2. The number of piperidine rings is 2. The minimum Gasteiger partial charge on any atom is -0.492 e. The molecule has 1 aromatic carbocycles. The Morgan fingerprint density at radius 2 is 2.00 bits per heavy atom. The van der Waals surface area contributed by atoms with Gasteiger partial charge < -0.3 is 14.6 Å². The Kier molecular flexibility index (Phi) is 5.82. The molecule has 2 atom stereocenters. The van der Waals surface area contributed by atoms with Crippen molar-refractivity contribution in [3.63, 3.8) is 0 Å². The van der Waals surface area contributed by atoms with Crippen molar-refractivity contribution in [2.45, 2.75) is 50.7 Å². The van der Waals surface area contributed by atoms with Crippen LogP contribution in [0.4, 0.5) is 4.39 Å². The van der Waals surface area contributed by atoms with Crippen LogP contribution >= 0.6 is 0 Å². The van der Waals surface area contributed by atoms with Gasteiger partial charge in [0.25, 0.3) is 0 Å². The standard InChI is InChI=1S/C20H27FN4O4S/c1-13-7-16(26)8-14(23-13)11-29-17-9-18(21)20-19(10-17)22-12-25(20)15-3-5-24(6-4-15)30(2,27)28/h9-10,12-15,23H,3-8,11H2,1-2H3/t13-,14-/m0/s1. The van der Waals surface area contributed by atoms with E-state index in [0.29, 0.717) is 55.6 Å². The highest BCUT2D eigenvalue weighted by atomic mass is 32.2. The van der Waals surface area contributed by atoms with Crippen LogP contribution in [0.2, 0.25) is 0 Å². The Balaban J connectivity index is 1.46. The van der Waals surface area contributed by atoms with E-state index in [1.165, 1.54) is 16.6 Å². The first-order valence-electron chi connectivity index (χ1n) is 10.2. The summed E-state index contributed by atoms with van der Waals surface area (Å²) in [5.74, 6) is 0.161. The summed E-state index contributed by atoms with van der Waals surface area (Å²) < 4.78 is 47.4. The van der Waals surface area contributed by atoms with Gasteiger partial charge in [-0.1, -0.05) is 0 Å². The van der Waals surface area contributed by atoms with E-state index in [0.717, 1.165) is 0 Å². The van der Waals surface area contributed by atoms with Crippen molar-refractivity contribution in [2.24, 2.45) is 0 Å². The maximum Gasteiger partial charge on any atom is 0.211 e. The van der Waals surface area contributed by atoms with E-state index in [1.807, 2.05) is 6.92 Å². The molecule has 0 radical (unpaired) electrons. The van der Waals surface area contributed by atoms with E-state index in [4.69, 9.17) is 4.74 Å². The quantitative estimate of drug-likeness (QED) is 0.766. The van der Waals surface area contributed by atoms with Crippen LogP contribution in [0, 0.1) is 5.82 Å². The smallest absolute Gasteiger partial charge is 0.211 e. The molecule has 2 fully saturated rings. The monoisotopic (exact) mass is 438 g/mol. The maximum absolute atomic E-state index is 14.9. The Labute approximate surface area is 175 Å². The number of rotatable bonds is 5. The maximum atomic E-state index is 14.9. The fourth-order valence-corrected chi connectivity index (χ4v) is 5.31. The zero-order chi connectivity index (χ0) is 21.5. The number of aromatic nitrogens is 2. The van der Waals surface area contributed by atoms with E-state index >= 15 is 0 Å². The van der Waals surface area contributed by atoms with Crippen LogP contribution in [-0.4, -0.2) is 66.1 Å². The van der Waals surface area contributed by atoms with Crippen molar-refractivity contribution in [2.75, 3.05) is 26.0 Å². The van der Waals surface area contributed by atoms with Crippen molar-refractivity contribution in [1.29, 1.82) is 0 Å². The highest BCUT2D eigenvalue weighted by molar-refractivity contribution is 7.88. The highest BCUT2D eigenvalue weighted by Crippen LogP contribution is 2.31. The number of halogens is 1. The molecule has 0 aliphatic carbocycles. The van der Waals surface area contributed by atoms with Gasteiger partial charge in [-0.2, -0.15) is 0 Å². The lowest BCUT2D eigenvalue weighted by atomic mass is 9.99. The van der Waals surface area contributed by atoms with Crippen LogP contribution < -0.4 is 10.1 Å². The molecule has 1 aromatic heterocycles. The second-order valence-electron chi connectivity index (χ2n) is 8.34. The summed E-state index contributed by atoms with van der Waals surface area (Å²) in [6.07, 6.45) is 4.97. The fraction of sp³-hybridized carbons (Fsp3) is 0.600. The predicted molar refractivity (Wildman–Crippen MR) is 111 cm³/mol. The lowest BCUT2D eigenvalue weighted by Gasteiger charge is -2.31. The van der Waals surface area contributed by atoms with Gasteiger partial charge in [0.15, 0.2) is 5.82 Å². The van der Waals surface area contributed by atoms with Crippen LogP contribution in [0.15, 0.2) is 18.5 Å². The number of hydrogen-bond acceptors (Lipinski definition) is 6. The molecule has 2 aliphatic rings. The number of carbonyl (C=O) groups excluding carboxylic acids is 1. The largest absolute Gasteiger partial charge is 0.492 e. The summed E-state index contributed by atoms with van der Waals surface area (Å²) in [6, 6.07) is 3.07. The molecule has 0 bridgehead atoms. The average molecular weight is 439 g/mol. The number of imidazole rings is 1. The second kappa shape index (κ2) is 8.24. The first-order chi connectivity index (χ1) is 14.2. The average Bonchev–Trinajstić information content (AvgIpc) is 3.10. The molecule has 0 amide bonds. The molecule has 10 heteroatoms. The normalized spacial score (nSPS) is 24.4.